The molecule has 4 nitrogen and oxygen atoms in total. The van der Waals surface area contributed by atoms with E-state index < -0.39 is 18.3 Å². The van der Waals surface area contributed by atoms with Crippen LogP contribution in [0.2, 0.25) is 0 Å². The van der Waals surface area contributed by atoms with Gasteiger partial charge in [0, 0.05) is 17.1 Å². The molecule has 1 aromatic rings. The SMILES string of the molecule is C[C@H]1CCC[C@@H]1C(=O)Nc1ccccc1B1OC(C)(C)C(C)(C)O1. The highest BCUT2D eigenvalue weighted by molar-refractivity contribution is 6.64. The Morgan fingerprint density at radius 1 is 1.12 bits per heavy atom. The minimum absolute atomic E-state index is 0.108. The van der Waals surface area contributed by atoms with Crippen molar-refractivity contribution < 1.29 is 14.1 Å². The largest absolute Gasteiger partial charge is 0.496 e. The minimum Gasteiger partial charge on any atom is -0.399 e. The molecule has 2 aliphatic rings. The highest BCUT2D eigenvalue weighted by Gasteiger charge is 2.52. The van der Waals surface area contributed by atoms with Crippen LogP contribution in [-0.4, -0.2) is 24.2 Å². The molecule has 1 aromatic carbocycles. The fourth-order valence-electron chi connectivity index (χ4n) is 3.55. The van der Waals surface area contributed by atoms with Gasteiger partial charge in [-0.15, -0.1) is 0 Å². The summed E-state index contributed by atoms with van der Waals surface area (Å²) in [6, 6.07) is 7.78. The van der Waals surface area contributed by atoms with Crippen LogP contribution in [0, 0.1) is 11.8 Å². The van der Waals surface area contributed by atoms with Crippen molar-refractivity contribution in [1.82, 2.24) is 0 Å². The van der Waals surface area contributed by atoms with E-state index in [0.29, 0.717) is 5.92 Å². The maximum Gasteiger partial charge on any atom is 0.496 e. The van der Waals surface area contributed by atoms with Gasteiger partial charge in [0.15, 0.2) is 0 Å². The molecule has 2 fully saturated rings. The van der Waals surface area contributed by atoms with Crippen molar-refractivity contribution in [2.45, 2.75) is 65.1 Å². The van der Waals surface area contributed by atoms with Gasteiger partial charge in [-0.2, -0.15) is 0 Å². The Labute approximate surface area is 145 Å². The highest BCUT2D eigenvalue weighted by Crippen LogP contribution is 2.37. The smallest absolute Gasteiger partial charge is 0.399 e. The molecule has 130 valence electrons. The summed E-state index contributed by atoms with van der Waals surface area (Å²) in [5.74, 6) is 0.675. The summed E-state index contributed by atoms with van der Waals surface area (Å²) >= 11 is 0. The number of anilines is 1. The van der Waals surface area contributed by atoms with Crippen molar-refractivity contribution in [3.05, 3.63) is 24.3 Å². The van der Waals surface area contributed by atoms with Gasteiger partial charge in [-0.1, -0.05) is 31.5 Å². The molecule has 3 rings (SSSR count). The number of para-hydroxylation sites is 1. The van der Waals surface area contributed by atoms with Gasteiger partial charge in [0.2, 0.25) is 5.91 Å². The highest BCUT2D eigenvalue weighted by atomic mass is 16.7. The Morgan fingerprint density at radius 3 is 2.33 bits per heavy atom. The van der Waals surface area contributed by atoms with Crippen LogP contribution in [0.25, 0.3) is 0 Å². The van der Waals surface area contributed by atoms with Crippen molar-refractivity contribution in [3.8, 4) is 0 Å². The summed E-state index contributed by atoms with van der Waals surface area (Å²) in [6.07, 6.45) is 3.25. The summed E-state index contributed by atoms with van der Waals surface area (Å²) in [5.41, 5.74) is 0.888. The number of amides is 1. The molecule has 5 heteroatoms. The molecule has 24 heavy (non-hydrogen) atoms. The lowest BCUT2D eigenvalue weighted by molar-refractivity contribution is -0.120. The molecule has 1 aliphatic heterocycles. The average Bonchev–Trinajstić information content (AvgIpc) is 3.00. The van der Waals surface area contributed by atoms with Crippen molar-refractivity contribution in [3.63, 3.8) is 0 Å². The zero-order chi connectivity index (χ0) is 17.5. The standard InChI is InChI=1S/C19H28BNO3/c1-13-9-8-10-14(13)17(22)21-16-12-7-6-11-15(16)20-23-18(2,3)19(4,5)24-20/h6-7,11-14H,8-10H2,1-5H3,(H,21,22)/t13-,14-/m0/s1. The van der Waals surface area contributed by atoms with Crippen LogP contribution in [0.5, 0.6) is 0 Å². The molecule has 1 heterocycles. The van der Waals surface area contributed by atoms with Crippen LogP contribution in [0.3, 0.4) is 0 Å². The first kappa shape index (κ1) is 17.5. The summed E-state index contributed by atoms with van der Waals surface area (Å²) in [7, 11) is -0.465. The van der Waals surface area contributed by atoms with Crippen molar-refractivity contribution in [1.29, 1.82) is 0 Å². The Morgan fingerprint density at radius 2 is 1.75 bits per heavy atom. The van der Waals surface area contributed by atoms with Gasteiger partial charge in [-0.25, -0.2) is 0 Å². The predicted octanol–water partition coefficient (Wildman–Crippen LogP) is 3.36. The zero-order valence-electron chi connectivity index (χ0n) is 15.4. The Hall–Kier alpha value is -1.33. The second kappa shape index (κ2) is 6.19. The lowest BCUT2D eigenvalue weighted by Crippen LogP contribution is -2.41. The number of nitrogens with one attached hydrogen (secondary N) is 1. The summed E-state index contributed by atoms with van der Waals surface area (Å²) in [5, 5.41) is 3.12. The van der Waals surface area contributed by atoms with E-state index in [2.05, 4.69) is 12.2 Å². The number of benzene rings is 1. The number of hydrogen-bond donors (Lipinski definition) is 1. The second-order valence-electron chi connectivity index (χ2n) is 8.18. The zero-order valence-corrected chi connectivity index (χ0v) is 15.4. The first-order valence-corrected chi connectivity index (χ1v) is 8.97. The van der Waals surface area contributed by atoms with E-state index in [4.69, 9.17) is 9.31 Å². The third-order valence-corrected chi connectivity index (χ3v) is 5.92. The molecule has 1 saturated carbocycles. The van der Waals surface area contributed by atoms with Crippen LogP contribution >= 0.6 is 0 Å². The molecular weight excluding hydrogens is 301 g/mol. The van der Waals surface area contributed by atoms with Gasteiger partial charge in [-0.3, -0.25) is 4.79 Å². The van der Waals surface area contributed by atoms with Gasteiger partial charge in [0.25, 0.3) is 0 Å². The van der Waals surface area contributed by atoms with Crippen LogP contribution in [0.15, 0.2) is 24.3 Å². The van der Waals surface area contributed by atoms with Gasteiger partial charge in [0.05, 0.1) is 11.2 Å². The first-order valence-electron chi connectivity index (χ1n) is 8.97. The molecule has 1 aliphatic carbocycles. The molecule has 0 spiro atoms. The van der Waals surface area contributed by atoms with E-state index >= 15 is 0 Å². The van der Waals surface area contributed by atoms with E-state index in [1.54, 1.807) is 0 Å². The predicted molar refractivity (Wildman–Crippen MR) is 97.3 cm³/mol. The van der Waals surface area contributed by atoms with Crippen molar-refractivity contribution >= 4 is 24.2 Å². The topological polar surface area (TPSA) is 47.6 Å². The fourth-order valence-corrected chi connectivity index (χ4v) is 3.55. The van der Waals surface area contributed by atoms with Crippen LogP contribution in [0.1, 0.15) is 53.9 Å². The molecule has 2 atom stereocenters. The van der Waals surface area contributed by atoms with E-state index in [1.165, 1.54) is 0 Å². The molecular formula is C19H28BNO3. The monoisotopic (exact) mass is 329 g/mol. The minimum atomic E-state index is -0.465. The van der Waals surface area contributed by atoms with Crippen LogP contribution < -0.4 is 10.8 Å². The summed E-state index contributed by atoms with van der Waals surface area (Å²) in [6.45, 7) is 10.3. The maximum atomic E-state index is 12.7. The fraction of sp³-hybridized carbons (Fsp3) is 0.632. The van der Waals surface area contributed by atoms with Crippen molar-refractivity contribution in [2.24, 2.45) is 11.8 Å². The third kappa shape index (κ3) is 3.12. The Balaban J connectivity index is 1.80. The summed E-state index contributed by atoms with van der Waals surface area (Å²) in [4.78, 5) is 12.7. The second-order valence-corrected chi connectivity index (χ2v) is 8.18. The lowest BCUT2D eigenvalue weighted by atomic mass is 9.77. The third-order valence-electron chi connectivity index (χ3n) is 5.92. The molecule has 0 radical (unpaired) electrons. The summed E-state index contributed by atoms with van der Waals surface area (Å²) < 4.78 is 12.3. The number of rotatable bonds is 3. The van der Waals surface area contributed by atoms with Gasteiger partial charge in [0.1, 0.15) is 0 Å². The van der Waals surface area contributed by atoms with E-state index in [-0.39, 0.29) is 11.8 Å². The van der Waals surface area contributed by atoms with Gasteiger partial charge < -0.3 is 14.6 Å². The van der Waals surface area contributed by atoms with Crippen molar-refractivity contribution in [2.75, 3.05) is 5.32 Å². The van der Waals surface area contributed by atoms with Crippen LogP contribution in [0.4, 0.5) is 5.69 Å². The normalized spacial score (nSPS) is 28.1. The van der Waals surface area contributed by atoms with E-state index in [1.807, 2.05) is 52.0 Å². The van der Waals surface area contributed by atoms with E-state index in [9.17, 15) is 4.79 Å². The van der Waals surface area contributed by atoms with Gasteiger partial charge >= 0.3 is 7.12 Å². The molecule has 1 amide bonds. The number of hydrogen-bond acceptors (Lipinski definition) is 3. The quantitative estimate of drug-likeness (QED) is 0.865. The molecule has 0 aromatic heterocycles. The Bertz CT molecular complexity index is 613. The van der Waals surface area contributed by atoms with Gasteiger partial charge in [-0.05, 0) is 52.5 Å². The first-order chi connectivity index (χ1) is 11.2. The lowest BCUT2D eigenvalue weighted by Gasteiger charge is -2.32. The molecule has 1 saturated heterocycles. The molecule has 0 bridgehead atoms. The maximum absolute atomic E-state index is 12.7. The molecule has 1 N–H and O–H groups in total. The Kier molecular flexibility index (Phi) is 4.52. The molecule has 0 unspecified atom stereocenters. The number of carbonyl (C=O) groups excluding carboxylic acids is 1. The average molecular weight is 329 g/mol. The van der Waals surface area contributed by atoms with E-state index in [0.717, 1.165) is 30.4 Å². The number of carbonyl (C=O) groups is 1. The van der Waals surface area contributed by atoms with Crippen LogP contribution in [-0.2, 0) is 14.1 Å².